The third kappa shape index (κ3) is 2.30. The van der Waals surface area contributed by atoms with Gasteiger partial charge in [0.2, 0.25) is 0 Å². The molecule has 2 rings (SSSR count). The molecule has 1 heterocycles. The molecule has 0 bridgehead atoms. The summed E-state index contributed by atoms with van der Waals surface area (Å²) in [5, 5.41) is 0. The molecule has 1 aromatic carbocycles. The lowest BCUT2D eigenvalue weighted by molar-refractivity contribution is -0.143. The molecule has 1 unspecified atom stereocenters. The number of carbonyl (C=O) groups excluding carboxylic acids is 2. The minimum absolute atomic E-state index is 0.293. The van der Waals surface area contributed by atoms with E-state index in [9.17, 15) is 9.59 Å². The zero-order chi connectivity index (χ0) is 13.1. The van der Waals surface area contributed by atoms with Crippen LogP contribution < -0.4 is 9.47 Å². The molecule has 0 saturated heterocycles. The number of Topliss-reactive ketones (excluding diaryl/α,β-unsaturated/α-hetero) is 1. The summed E-state index contributed by atoms with van der Waals surface area (Å²) in [5.41, 5.74) is 0.414. The summed E-state index contributed by atoms with van der Waals surface area (Å²) in [4.78, 5) is 23.3. The maximum atomic E-state index is 12.0. The predicted molar refractivity (Wildman–Crippen MR) is 62.9 cm³/mol. The third-order valence-corrected chi connectivity index (χ3v) is 2.77. The highest BCUT2D eigenvalue weighted by atomic mass is 16.6. The molecule has 0 fully saturated rings. The molecule has 1 aromatic rings. The Morgan fingerprint density at radius 3 is 2.56 bits per heavy atom. The van der Waals surface area contributed by atoms with Crippen molar-refractivity contribution in [1.29, 1.82) is 0 Å². The second-order valence-corrected chi connectivity index (χ2v) is 3.97. The lowest BCUT2D eigenvalue weighted by Crippen LogP contribution is -2.23. The quantitative estimate of drug-likeness (QED) is 0.461. The van der Waals surface area contributed by atoms with Crippen molar-refractivity contribution < 1.29 is 23.8 Å². The number of methoxy groups -OCH3 is 1. The fraction of sp³-hybridized carbons (Fsp3) is 0.385. The standard InChI is InChI=1S/C13H14O5/c1-8(13(15)16-2)12(14)9-3-4-10-11(7-9)18-6-5-17-10/h3-4,7-8H,5-6H2,1-2H3. The van der Waals surface area contributed by atoms with Crippen molar-refractivity contribution in [2.75, 3.05) is 20.3 Å². The minimum atomic E-state index is -0.822. The van der Waals surface area contributed by atoms with Crippen LogP contribution in [0.2, 0.25) is 0 Å². The Bertz CT molecular complexity index is 480. The number of benzene rings is 1. The molecule has 0 radical (unpaired) electrons. The monoisotopic (exact) mass is 250 g/mol. The maximum absolute atomic E-state index is 12.0. The van der Waals surface area contributed by atoms with E-state index in [4.69, 9.17) is 9.47 Å². The van der Waals surface area contributed by atoms with Gasteiger partial charge in [-0.15, -0.1) is 0 Å². The molecule has 0 aromatic heterocycles. The highest BCUT2D eigenvalue weighted by Crippen LogP contribution is 2.31. The highest BCUT2D eigenvalue weighted by molar-refractivity contribution is 6.08. The fourth-order valence-electron chi connectivity index (χ4n) is 1.73. The van der Waals surface area contributed by atoms with Gasteiger partial charge in [-0.25, -0.2) is 0 Å². The van der Waals surface area contributed by atoms with Crippen LogP contribution in [0.1, 0.15) is 17.3 Å². The molecule has 1 atom stereocenters. The normalized spacial score (nSPS) is 14.8. The van der Waals surface area contributed by atoms with E-state index in [1.807, 2.05) is 0 Å². The van der Waals surface area contributed by atoms with Crippen LogP contribution in [0, 0.1) is 5.92 Å². The Hall–Kier alpha value is -2.04. The molecule has 0 spiro atoms. The average Bonchev–Trinajstić information content (AvgIpc) is 2.44. The summed E-state index contributed by atoms with van der Waals surface area (Å²) >= 11 is 0. The van der Waals surface area contributed by atoms with Crippen LogP contribution in [-0.2, 0) is 9.53 Å². The Balaban J connectivity index is 2.23. The predicted octanol–water partition coefficient (Wildman–Crippen LogP) is 1.45. The van der Waals surface area contributed by atoms with Crippen LogP contribution in [0.3, 0.4) is 0 Å². The van der Waals surface area contributed by atoms with E-state index in [0.717, 1.165) is 0 Å². The molecule has 0 N–H and O–H groups in total. The van der Waals surface area contributed by atoms with E-state index in [1.54, 1.807) is 18.2 Å². The van der Waals surface area contributed by atoms with Gasteiger partial charge in [0, 0.05) is 5.56 Å². The second-order valence-electron chi connectivity index (χ2n) is 3.97. The van der Waals surface area contributed by atoms with E-state index in [0.29, 0.717) is 30.3 Å². The maximum Gasteiger partial charge on any atom is 0.316 e. The number of fused-ring (bicyclic) bond motifs is 1. The topological polar surface area (TPSA) is 61.8 Å². The number of carbonyl (C=O) groups is 2. The molecule has 0 amide bonds. The zero-order valence-corrected chi connectivity index (χ0v) is 10.3. The van der Waals surface area contributed by atoms with Crippen LogP contribution in [0.15, 0.2) is 18.2 Å². The summed E-state index contributed by atoms with van der Waals surface area (Å²) in [5.74, 6) is -0.515. The average molecular weight is 250 g/mol. The number of ether oxygens (including phenoxy) is 3. The van der Waals surface area contributed by atoms with Gasteiger partial charge in [-0.1, -0.05) is 0 Å². The van der Waals surface area contributed by atoms with Crippen molar-refractivity contribution in [3.63, 3.8) is 0 Å². The van der Waals surface area contributed by atoms with E-state index in [-0.39, 0.29) is 5.78 Å². The SMILES string of the molecule is COC(=O)C(C)C(=O)c1ccc2c(c1)OCCO2. The molecule has 18 heavy (non-hydrogen) atoms. The minimum Gasteiger partial charge on any atom is -0.486 e. The molecule has 0 aliphatic carbocycles. The van der Waals surface area contributed by atoms with Crippen molar-refractivity contribution in [3.05, 3.63) is 23.8 Å². The summed E-state index contributed by atoms with van der Waals surface area (Å²) in [6.07, 6.45) is 0. The van der Waals surface area contributed by atoms with Crippen LogP contribution in [0.25, 0.3) is 0 Å². The number of ketones is 1. The molecule has 96 valence electrons. The number of esters is 1. The fourth-order valence-corrected chi connectivity index (χ4v) is 1.73. The first-order valence-electron chi connectivity index (χ1n) is 5.65. The first kappa shape index (κ1) is 12.4. The zero-order valence-electron chi connectivity index (χ0n) is 10.3. The first-order chi connectivity index (χ1) is 8.63. The smallest absolute Gasteiger partial charge is 0.316 e. The summed E-state index contributed by atoms with van der Waals surface area (Å²) < 4.78 is 15.3. The van der Waals surface area contributed by atoms with E-state index < -0.39 is 11.9 Å². The van der Waals surface area contributed by atoms with Crippen molar-refractivity contribution in [2.24, 2.45) is 5.92 Å². The van der Waals surface area contributed by atoms with Crippen LogP contribution in [0.4, 0.5) is 0 Å². The molecule has 1 aliphatic rings. The van der Waals surface area contributed by atoms with Crippen molar-refractivity contribution in [1.82, 2.24) is 0 Å². The molecular formula is C13H14O5. The van der Waals surface area contributed by atoms with Gasteiger partial charge >= 0.3 is 5.97 Å². The van der Waals surface area contributed by atoms with Crippen molar-refractivity contribution >= 4 is 11.8 Å². The van der Waals surface area contributed by atoms with E-state index in [1.165, 1.54) is 14.0 Å². The molecule has 0 saturated carbocycles. The Morgan fingerprint density at radius 1 is 1.22 bits per heavy atom. The third-order valence-electron chi connectivity index (χ3n) is 2.77. The van der Waals surface area contributed by atoms with Crippen molar-refractivity contribution in [3.8, 4) is 11.5 Å². The Labute approximate surface area is 105 Å². The largest absolute Gasteiger partial charge is 0.486 e. The van der Waals surface area contributed by atoms with Crippen LogP contribution in [0.5, 0.6) is 11.5 Å². The lowest BCUT2D eigenvalue weighted by Gasteiger charge is -2.19. The summed E-state index contributed by atoms with van der Waals surface area (Å²) in [6, 6.07) is 4.89. The molecule has 5 heteroatoms. The number of hydrogen-bond acceptors (Lipinski definition) is 5. The Kier molecular flexibility index (Phi) is 3.50. The van der Waals surface area contributed by atoms with Gasteiger partial charge in [0.15, 0.2) is 17.3 Å². The van der Waals surface area contributed by atoms with E-state index >= 15 is 0 Å². The van der Waals surface area contributed by atoms with Gasteiger partial charge in [0.25, 0.3) is 0 Å². The lowest BCUT2D eigenvalue weighted by atomic mass is 9.99. The highest BCUT2D eigenvalue weighted by Gasteiger charge is 2.24. The van der Waals surface area contributed by atoms with Gasteiger partial charge < -0.3 is 14.2 Å². The molecule has 1 aliphatic heterocycles. The van der Waals surface area contributed by atoms with E-state index in [2.05, 4.69) is 4.74 Å². The van der Waals surface area contributed by atoms with Gasteiger partial charge in [-0.3, -0.25) is 9.59 Å². The summed E-state index contributed by atoms with van der Waals surface area (Å²) in [7, 11) is 1.26. The molecule has 5 nitrogen and oxygen atoms in total. The van der Waals surface area contributed by atoms with Gasteiger partial charge in [0.1, 0.15) is 19.1 Å². The van der Waals surface area contributed by atoms with Crippen LogP contribution >= 0.6 is 0 Å². The van der Waals surface area contributed by atoms with Gasteiger partial charge in [-0.2, -0.15) is 0 Å². The Morgan fingerprint density at radius 2 is 1.89 bits per heavy atom. The van der Waals surface area contributed by atoms with Crippen LogP contribution in [-0.4, -0.2) is 32.1 Å². The van der Waals surface area contributed by atoms with Crippen molar-refractivity contribution in [2.45, 2.75) is 6.92 Å². The van der Waals surface area contributed by atoms with Gasteiger partial charge in [0.05, 0.1) is 7.11 Å². The first-order valence-corrected chi connectivity index (χ1v) is 5.65. The number of rotatable bonds is 3. The second kappa shape index (κ2) is 5.08. The molecular weight excluding hydrogens is 236 g/mol. The van der Waals surface area contributed by atoms with Gasteiger partial charge in [-0.05, 0) is 25.1 Å². The summed E-state index contributed by atoms with van der Waals surface area (Å²) in [6.45, 7) is 2.47. The number of hydrogen-bond donors (Lipinski definition) is 0.